The molecule has 1 fully saturated rings. The topological polar surface area (TPSA) is 52.0 Å². The molecule has 1 aliphatic rings. The number of aryl methyl sites for hydroxylation is 1. The van der Waals surface area contributed by atoms with E-state index in [0.717, 1.165) is 35.4 Å². The van der Waals surface area contributed by atoms with Gasteiger partial charge in [-0.3, -0.25) is 4.98 Å². The van der Waals surface area contributed by atoms with E-state index in [4.69, 9.17) is 9.84 Å². The monoisotopic (exact) mass is 294 g/mol. The molecule has 5 heteroatoms. The predicted molar refractivity (Wildman–Crippen MR) is 85.2 cm³/mol. The summed E-state index contributed by atoms with van der Waals surface area (Å²) < 4.78 is 7.55. The van der Waals surface area contributed by atoms with E-state index in [-0.39, 0.29) is 6.04 Å². The largest absolute Gasteiger partial charge is 0.378 e. The van der Waals surface area contributed by atoms with Crippen molar-refractivity contribution in [2.75, 3.05) is 19.8 Å². The van der Waals surface area contributed by atoms with Crippen LogP contribution in [-0.4, -0.2) is 34.5 Å². The number of pyridine rings is 1. The van der Waals surface area contributed by atoms with E-state index >= 15 is 0 Å². The Labute approximate surface area is 128 Å². The molecule has 0 spiro atoms. The highest BCUT2D eigenvalue weighted by Crippen LogP contribution is 2.26. The van der Waals surface area contributed by atoms with Crippen molar-refractivity contribution in [1.29, 1.82) is 0 Å². The molecule has 1 saturated heterocycles. The number of hydrogen-bond donors (Lipinski definition) is 1. The summed E-state index contributed by atoms with van der Waals surface area (Å²) in [6, 6.07) is 10.5. The molecule has 0 amide bonds. The molecular formula is C17H18N4O. The molecule has 5 nitrogen and oxygen atoms in total. The number of rotatable bonds is 2. The SMILES string of the molecule is Cc1ccc(-n2nc([C@H]3COCCN3)c3ccncc32)cc1. The highest BCUT2D eigenvalue weighted by atomic mass is 16.5. The van der Waals surface area contributed by atoms with E-state index in [2.05, 4.69) is 41.5 Å². The number of aromatic nitrogens is 3. The Hall–Kier alpha value is -2.24. The van der Waals surface area contributed by atoms with Gasteiger partial charge in [-0.25, -0.2) is 4.68 Å². The Kier molecular flexibility index (Phi) is 3.36. The van der Waals surface area contributed by atoms with Crippen LogP contribution in [-0.2, 0) is 4.74 Å². The Morgan fingerprint density at radius 2 is 2.09 bits per heavy atom. The summed E-state index contributed by atoms with van der Waals surface area (Å²) in [6.07, 6.45) is 3.69. The molecule has 112 valence electrons. The summed E-state index contributed by atoms with van der Waals surface area (Å²) in [7, 11) is 0. The van der Waals surface area contributed by atoms with Crippen LogP contribution >= 0.6 is 0 Å². The highest BCUT2D eigenvalue weighted by Gasteiger charge is 2.22. The third kappa shape index (κ3) is 2.28. The van der Waals surface area contributed by atoms with E-state index in [1.807, 2.05) is 23.1 Å². The average molecular weight is 294 g/mol. The van der Waals surface area contributed by atoms with Crippen LogP contribution in [0.1, 0.15) is 17.3 Å². The van der Waals surface area contributed by atoms with Gasteiger partial charge in [0.1, 0.15) is 0 Å². The van der Waals surface area contributed by atoms with Crippen molar-refractivity contribution >= 4 is 10.9 Å². The fourth-order valence-corrected chi connectivity index (χ4v) is 2.87. The minimum atomic E-state index is 0.130. The molecule has 4 rings (SSSR count). The molecule has 0 bridgehead atoms. The van der Waals surface area contributed by atoms with Crippen LogP contribution in [0.4, 0.5) is 0 Å². The van der Waals surface area contributed by atoms with Gasteiger partial charge < -0.3 is 10.1 Å². The van der Waals surface area contributed by atoms with E-state index < -0.39 is 0 Å². The second-order valence-electron chi connectivity index (χ2n) is 5.61. The van der Waals surface area contributed by atoms with Crippen molar-refractivity contribution in [2.45, 2.75) is 13.0 Å². The van der Waals surface area contributed by atoms with Gasteiger partial charge in [-0.1, -0.05) is 17.7 Å². The summed E-state index contributed by atoms with van der Waals surface area (Å²) in [5.41, 5.74) is 4.33. The Bertz CT molecular complexity index is 788. The summed E-state index contributed by atoms with van der Waals surface area (Å²) in [5.74, 6) is 0. The molecule has 2 aromatic heterocycles. The van der Waals surface area contributed by atoms with Gasteiger partial charge in [0.25, 0.3) is 0 Å². The van der Waals surface area contributed by atoms with Crippen molar-refractivity contribution in [1.82, 2.24) is 20.1 Å². The van der Waals surface area contributed by atoms with Gasteiger partial charge in [-0.15, -0.1) is 0 Å². The first-order valence-corrected chi connectivity index (χ1v) is 7.54. The summed E-state index contributed by atoms with van der Waals surface area (Å²) in [5, 5.41) is 9.45. The normalized spacial score (nSPS) is 18.7. The summed E-state index contributed by atoms with van der Waals surface area (Å²) in [4.78, 5) is 4.26. The van der Waals surface area contributed by atoms with E-state index in [1.54, 1.807) is 0 Å². The molecule has 1 atom stereocenters. The van der Waals surface area contributed by atoms with Gasteiger partial charge in [0, 0.05) is 18.1 Å². The van der Waals surface area contributed by atoms with Crippen molar-refractivity contribution in [2.24, 2.45) is 0 Å². The molecule has 1 aliphatic heterocycles. The van der Waals surface area contributed by atoms with Crippen LogP contribution in [0, 0.1) is 6.92 Å². The molecular weight excluding hydrogens is 276 g/mol. The first-order chi connectivity index (χ1) is 10.8. The first kappa shape index (κ1) is 13.4. The molecule has 22 heavy (non-hydrogen) atoms. The minimum Gasteiger partial charge on any atom is -0.378 e. The fourth-order valence-electron chi connectivity index (χ4n) is 2.87. The number of benzene rings is 1. The standard InChI is InChI=1S/C17H18N4O/c1-12-2-4-13(5-3-12)21-16-10-18-7-6-14(16)17(20-21)15-11-22-9-8-19-15/h2-7,10,15,19H,8-9,11H2,1H3/t15-/m1/s1. The van der Waals surface area contributed by atoms with Crippen LogP contribution in [0.25, 0.3) is 16.6 Å². The number of morpholine rings is 1. The lowest BCUT2D eigenvalue weighted by Gasteiger charge is -2.22. The van der Waals surface area contributed by atoms with Gasteiger partial charge in [0.2, 0.25) is 0 Å². The zero-order valence-electron chi connectivity index (χ0n) is 12.5. The van der Waals surface area contributed by atoms with Gasteiger partial charge in [-0.2, -0.15) is 5.10 Å². The van der Waals surface area contributed by atoms with E-state index in [0.29, 0.717) is 6.61 Å². The highest BCUT2D eigenvalue weighted by molar-refractivity contribution is 5.83. The Morgan fingerprint density at radius 3 is 2.86 bits per heavy atom. The summed E-state index contributed by atoms with van der Waals surface area (Å²) >= 11 is 0. The van der Waals surface area contributed by atoms with Crippen LogP contribution < -0.4 is 5.32 Å². The maximum absolute atomic E-state index is 5.59. The van der Waals surface area contributed by atoms with Crippen molar-refractivity contribution in [3.63, 3.8) is 0 Å². The molecule has 1 N–H and O–H groups in total. The van der Waals surface area contributed by atoms with E-state index in [1.165, 1.54) is 5.56 Å². The minimum absolute atomic E-state index is 0.130. The second-order valence-corrected chi connectivity index (χ2v) is 5.61. The lowest BCUT2D eigenvalue weighted by molar-refractivity contribution is 0.0759. The molecule has 0 radical (unpaired) electrons. The van der Waals surface area contributed by atoms with Gasteiger partial charge in [0.15, 0.2) is 0 Å². The second kappa shape index (κ2) is 5.51. The maximum atomic E-state index is 5.59. The van der Waals surface area contributed by atoms with Gasteiger partial charge >= 0.3 is 0 Å². The third-order valence-corrected chi connectivity index (χ3v) is 4.04. The van der Waals surface area contributed by atoms with Crippen molar-refractivity contribution < 1.29 is 4.74 Å². The maximum Gasteiger partial charge on any atom is 0.0927 e. The van der Waals surface area contributed by atoms with Crippen LogP contribution in [0.3, 0.4) is 0 Å². The summed E-state index contributed by atoms with van der Waals surface area (Å²) in [6.45, 7) is 4.35. The van der Waals surface area contributed by atoms with Crippen LogP contribution in [0.5, 0.6) is 0 Å². The Morgan fingerprint density at radius 1 is 1.23 bits per heavy atom. The molecule has 3 aromatic rings. The first-order valence-electron chi connectivity index (χ1n) is 7.54. The average Bonchev–Trinajstić information content (AvgIpc) is 2.96. The number of hydrogen-bond acceptors (Lipinski definition) is 4. The molecule has 0 unspecified atom stereocenters. The molecule has 0 saturated carbocycles. The number of fused-ring (bicyclic) bond motifs is 1. The van der Waals surface area contributed by atoms with Crippen molar-refractivity contribution in [3.05, 3.63) is 54.0 Å². The quantitative estimate of drug-likeness (QED) is 0.788. The van der Waals surface area contributed by atoms with E-state index in [9.17, 15) is 0 Å². The van der Waals surface area contributed by atoms with Gasteiger partial charge in [-0.05, 0) is 25.1 Å². The molecule has 0 aliphatic carbocycles. The zero-order valence-corrected chi connectivity index (χ0v) is 12.5. The molecule has 3 heterocycles. The number of nitrogens with zero attached hydrogens (tertiary/aromatic N) is 3. The van der Waals surface area contributed by atoms with Crippen molar-refractivity contribution in [3.8, 4) is 5.69 Å². The third-order valence-electron chi connectivity index (χ3n) is 4.04. The fraction of sp³-hybridized carbons (Fsp3) is 0.294. The lowest BCUT2D eigenvalue weighted by Crippen LogP contribution is -2.35. The lowest BCUT2D eigenvalue weighted by atomic mass is 10.1. The number of ether oxygens (including phenoxy) is 1. The van der Waals surface area contributed by atoms with Crippen LogP contribution in [0.2, 0.25) is 0 Å². The zero-order chi connectivity index (χ0) is 14.9. The van der Waals surface area contributed by atoms with Gasteiger partial charge in [0.05, 0.1) is 42.4 Å². The molecule has 1 aromatic carbocycles. The number of nitrogens with one attached hydrogen (secondary N) is 1. The predicted octanol–water partition coefficient (Wildman–Crippen LogP) is 2.39. The smallest absolute Gasteiger partial charge is 0.0927 e. The Balaban J connectivity index is 1.86. The van der Waals surface area contributed by atoms with Crippen LogP contribution in [0.15, 0.2) is 42.7 Å².